The van der Waals surface area contributed by atoms with Crippen LogP contribution in [-0.4, -0.2) is 70.2 Å². The fourth-order valence-corrected chi connectivity index (χ4v) is 5.62. The molecule has 0 bridgehead atoms. The molecule has 2 aromatic rings. The summed E-state index contributed by atoms with van der Waals surface area (Å²) in [7, 11) is 0. The van der Waals surface area contributed by atoms with Crippen molar-refractivity contribution in [2.45, 2.75) is 82.5 Å². The number of nitrogens with one attached hydrogen (secondary N) is 4. The number of rotatable bonds is 14. The Balaban J connectivity index is 1.80. The first-order valence-electron chi connectivity index (χ1n) is 14.5. The molecule has 12 nitrogen and oxygen atoms in total. The lowest BCUT2D eigenvalue weighted by atomic mass is 9.92. The standard InChI is InChI=1S/C30H41BrN8O4/c1-19(39(23-11-6-3-7-12-23)29(43)21-16-22(31)18-35-17-21)27(41)37-24(13-8-14-36-30(33)34)28(42)38-25(26(32)40)15-20-9-4-2-5-10-20/h2,4-5,9-10,16-19,23-25H,3,6-8,11-15H2,1H3,(H2,32,40)(H,37,41)(H,38,42)(H4,33,34,36). The lowest BCUT2D eigenvalue weighted by molar-refractivity contribution is -0.133. The van der Waals surface area contributed by atoms with Gasteiger partial charge in [-0.2, -0.15) is 0 Å². The van der Waals surface area contributed by atoms with Crippen LogP contribution in [0, 0.1) is 5.41 Å². The van der Waals surface area contributed by atoms with Crippen molar-refractivity contribution in [2.75, 3.05) is 6.54 Å². The average molecular weight is 658 g/mol. The third-order valence-electron chi connectivity index (χ3n) is 7.51. The van der Waals surface area contributed by atoms with E-state index in [0.29, 0.717) is 23.0 Å². The zero-order chi connectivity index (χ0) is 31.4. The van der Waals surface area contributed by atoms with E-state index in [1.807, 2.05) is 30.3 Å². The van der Waals surface area contributed by atoms with Crippen molar-refractivity contribution in [1.29, 1.82) is 5.41 Å². The number of amides is 4. The zero-order valence-electron chi connectivity index (χ0n) is 24.4. The second-order valence-electron chi connectivity index (χ2n) is 10.8. The Bertz CT molecular complexity index is 1270. The summed E-state index contributed by atoms with van der Waals surface area (Å²) in [5.41, 5.74) is 12.2. The summed E-state index contributed by atoms with van der Waals surface area (Å²) < 4.78 is 0.648. The SMILES string of the molecule is CC(C(=O)NC(CCCNC(=N)N)C(=O)NC(Cc1ccccc1)C(N)=O)N(C(=O)c1cncc(Br)c1)C1CCCCC1. The van der Waals surface area contributed by atoms with Gasteiger partial charge >= 0.3 is 0 Å². The third-order valence-corrected chi connectivity index (χ3v) is 7.95. The fourth-order valence-electron chi connectivity index (χ4n) is 5.26. The van der Waals surface area contributed by atoms with E-state index < -0.39 is 35.8 Å². The Morgan fingerprint density at radius 2 is 1.70 bits per heavy atom. The molecule has 0 spiro atoms. The van der Waals surface area contributed by atoms with Crippen molar-refractivity contribution in [3.63, 3.8) is 0 Å². The van der Waals surface area contributed by atoms with E-state index in [0.717, 1.165) is 37.7 Å². The zero-order valence-corrected chi connectivity index (χ0v) is 25.9. The van der Waals surface area contributed by atoms with E-state index >= 15 is 0 Å². The van der Waals surface area contributed by atoms with E-state index in [9.17, 15) is 19.2 Å². The molecular formula is C30H41BrN8O4. The minimum Gasteiger partial charge on any atom is -0.370 e. The van der Waals surface area contributed by atoms with Gasteiger partial charge in [-0.1, -0.05) is 49.6 Å². The predicted molar refractivity (Wildman–Crippen MR) is 167 cm³/mol. The van der Waals surface area contributed by atoms with Crippen LogP contribution in [0.1, 0.15) is 67.8 Å². The monoisotopic (exact) mass is 656 g/mol. The molecule has 232 valence electrons. The second kappa shape index (κ2) is 16.6. The van der Waals surface area contributed by atoms with Crippen molar-refractivity contribution in [2.24, 2.45) is 11.5 Å². The Morgan fingerprint density at radius 3 is 2.33 bits per heavy atom. The Hall–Kier alpha value is -4.00. The van der Waals surface area contributed by atoms with Gasteiger partial charge in [0.15, 0.2) is 5.96 Å². The predicted octanol–water partition coefficient (Wildman–Crippen LogP) is 1.97. The number of carbonyl (C=O) groups is 4. The third kappa shape index (κ3) is 10.3. The summed E-state index contributed by atoms with van der Waals surface area (Å²) in [6, 6.07) is 7.76. The molecule has 1 saturated carbocycles. The normalized spacial score (nSPS) is 15.4. The molecule has 43 heavy (non-hydrogen) atoms. The maximum Gasteiger partial charge on any atom is 0.256 e. The minimum atomic E-state index is -1.03. The molecular weight excluding hydrogens is 616 g/mol. The Morgan fingerprint density at radius 1 is 1.02 bits per heavy atom. The van der Waals surface area contributed by atoms with Crippen LogP contribution in [0.25, 0.3) is 0 Å². The maximum absolute atomic E-state index is 13.7. The van der Waals surface area contributed by atoms with Crippen LogP contribution in [0.4, 0.5) is 0 Å². The Kier molecular flexibility index (Phi) is 12.9. The number of hydrogen-bond donors (Lipinski definition) is 6. The molecule has 4 amide bonds. The number of primary amides is 1. The first-order chi connectivity index (χ1) is 20.6. The number of carbonyl (C=O) groups excluding carboxylic acids is 4. The molecule has 1 heterocycles. The fraction of sp³-hybridized carbons (Fsp3) is 0.467. The number of benzene rings is 1. The van der Waals surface area contributed by atoms with Crippen LogP contribution >= 0.6 is 15.9 Å². The first kappa shape index (κ1) is 33.5. The van der Waals surface area contributed by atoms with Gasteiger partial charge < -0.3 is 32.3 Å². The molecule has 1 fully saturated rings. The molecule has 8 N–H and O–H groups in total. The number of halogens is 1. The molecule has 1 aliphatic carbocycles. The summed E-state index contributed by atoms with van der Waals surface area (Å²) >= 11 is 3.36. The molecule has 0 aliphatic heterocycles. The highest BCUT2D eigenvalue weighted by Crippen LogP contribution is 2.26. The lowest BCUT2D eigenvalue weighted by Crippen LogP contribution is -2.58. The number of guanidine groups is 1. The van der Waals surface area contributed by atoms with E-state index in [1.54, 1.807) is 24.1 Å². The van der Waals surface area contributed by atoms with Crippen molar-refractivity contribution in [3.05, 3.63) is 64.4 Å². The van der Waals surface area contributed by atoms with Crippen LogP contribution < -0.4 is 27.4 Å². The van der Waals surface area contributed by atoms with Crippen molar-refractivity contribution in [3.8, 4) is 0 Å². The lowest BCUT2D eigenvalue weighted by Gasteiger charge is -2.38. The molecule has 13 heteroatoms. The van der Waals surface area contributed by atoms with Crippen LogP contribution in [-0.2, 0) is 20.8 Å². The van der Waals surface area contributed by atoms with Crippen LogP contribution in [0.3, 0.4) is 0 Å². The van der Waals surface area contributed by atoms with Gasteiger partial charge in [0.1, 0.15) is 18.1 Å². The Labute approximate surface area is 260 Å². The van der Waals surface area contributed by atoms with Gasteiger partial charge in [0.05, 0.1) is 5.56 Å². The van der Waals surface area contributed by atoms with Gasteiger partial charge in [0.25, 0.3) is 5.91 Å². The van der Waals surface area contributed by atoms with Gasteiger partial charge in [0, 0.05) is 35.9 Å². The summed E-state index contributed by atoms with van der Waals surface area (Å²) in [5, 5.41) is 15.6. The van der Waals surface area contributed by atoms with Crippen LogP contribution in [0.15, 0.2) is 53.3 Å². The highest BCUT2D eigenvalue weighted by atomic mass is 79.9. The largest absolute Gasteiger partial charge is 0.370 e. The highest BCUT2D eigenvalue weighted by molar-refractivity contribution is 9.10. The summed E-state index contributed by atoms with van der Waals surface area (Å²) in [5.74, 6) is -2.30. The number of hydrogen-bond acceptors (Lipinski definition) is 6. The molecule has 3 rings (SSSR count). The van der Waals surface area contributed by atoms with E-state index in [4.69, 9.17) is 16.9 Å². The summed E-state index contributed by atoms with van der Waals surface area (Å²) in [6.07, 6.45) is 8.33. The van der Waals surface area contributed by atoms with Gasteiger partial charge in [-0.05, 0) is 60.2 Å². The number of pyridine rings is 1. The number of nitrogens with zero attached hydrogens (tertiary/aromatic N) is 2. The highest BCUT2D eigenvalue weighted by Gasteiger charge is 2.35. The van der Waals surface area contributed by atoms with Crippen molar-refractivity contribution in [1.82, 2.24) is 25.8 Å². The van der Waals surface area contributed by atoms with Crippen LogP contribution in [0.5, 0.6) is 0 Å². The van der Waals surface area contributed by atoms with Gasteiger partial charge in [-0.3, -0.25) is 29.6 Å². The smallest absolute Gasteiger partial charge is 0.256 e. The molecule has 1 aromatic carbocycles. The molecule has 1 aliphatic rings. The number of aromatic nitrogens is 1. The summed E-state index contributed by atoms with van der Waals surface area (Å²) in [6.45, 7) is 1.96. The quantitative estimate of drug-likeness (QED) is 0.101. The van der Waals surface area contributed by atoms with Gasteiger partial charge in [-0.25, -0.2) is 0 Å². The van der Waals surface area contributed by atoms with Crippen molar-refractivity contribution < 1.29 is 19.2 Å². The molecule has 0 radical (unpaired) electrons. The molecule has 3 unspecified atom stereocenters. The van der Waals surface area contributed by atoms with Crippen molar-refractivity contribution >= 4 is 45.5 Å². The summed E-state index contributed by atoms with van der Waals surface area (Å²) in [4.78, 5) is 58.9. The maximum atomic E-state index is 13.7. The molecule has 3 atom stereocenters. The van der Waals surface area contributed by atoms with Crippen LogP contribution in [0.2, 0.25) is 0 Å². The average Bonchev–Trinajstić information content (AvgIpc) is 2.99. The molecule has 0 saturated heterocycles. The van der Waals surface area contributed by atoms with E-state index in [2.05, 4.69) is 36.9 Å². The molecule has 1 aromatic heterocycles. The van der Waals surface area contributed by atoms with Gasteiger partial charge in [0.2, 0.25) is 17.7 Å². The second-order valence-corrected chi connectivity index (χ2v) is 11.7. The van der Waals surface area contributed by atoms with E-state index in [-0.39, 0.29) is 30.8 Å². The minimum absolute atomic E-state index is 0.141. The van der Waals surface area contributed by atoms with Gasteiger partial charge in [-0.15, -0.1) is 0 Å². The number of nitrogens with two attached hydrogens (primary N) is 2. The topological polar surface area (TPSA) is 196 Å². The van der Waals surface area contributed by atoms with E-state index in [1.165, 1.54) is 6.20 Å². The first-order valence-corrected chi connectivity index (χ1v) is 15.3.